The third-order valence-electron chi connectivity index (χ3n) is 7.78. The number of benzene rings is 4. The fourth-order valence-electron chi connectivity index (χ4n) is 5.06. The van der Waals surface area contributed by atoms with E-state index in [-0.39, 0.29) is 0 Å². The molecule has 0 N–H and O–H groups in total. The molecule has 4 aromatic rings. The lowest BCUT2D eigenvalue weighted by molar-refractivity contribution is 0.493. The smallest absolute Gasteiger partial charge is 0.292 e. The van der Waals surface area contributed by atoms with Gasteiger partial charge < -0.3 is 9.47 Å². The Morgan fingerprint density at radius 3 is 1.26 bits per heavy atom. The molecule has 8 heteroatoms. The molecule has 212 valence electrons. The van der Waals surface area contributed by atoms with Crippen molar-refractivity contribution < 1.29 is 19.1 Å². The topological polar surface area (TPSA) is 125 Å². The molecule has 0 atom stereocenters. The second-order valence-electron chi connectivity index (χ2n) is 11.0. The number of carbonyl (C=O) groups excluding carboxylic acids is 2. The van der Waals surface area contributed by atoms with Crippen LogP contribution in [-0.4, -0.2) is 12.2 Å². The number of nitrogens with zero attached hydrogens (tertiary/aromatic N) is 4. The molecule has 0 aliphatic rings. The van der Waals surface area contributed by atoms with Crippen LogP contribution in [0.5, 0.6) is 11.5 Å². The second-order valence-corrected chi connectivity index (χ2v) is 11.0. The summed E-state index contributed by atoms with van der Waals surface area (Å²) in [5.41, 5.74) is 5.56. The highest BCUT2D eigenvalue weighted by atomic mass is 16.5. The van der Waals surface area contributed by atoms with Crippen LogP contribution in [-0.2, 0) is 26.8 Å². The summed E-state index contributed by atoms with van der Waals surface area (Å²) in [7, 11) is 0. The molecule has 0 unspecified atom stereocenters. The molecule has 0 saturated heterocycles. The van der Waals surface area contributed by atoms with E-state index in [1.165, 1.54) is 0 Å². The molecule has 4 rings (SSSR count). The van der Waals surface area contributed by atoms with E-state index in [9.17, 15) is 20.1 Å². The van der Waals surface area contributed by atoms with Crippen LogP contribution in [0.2, 0.25) is 0 Å². The summed E-state index contributed by atoms with van der Waals surface area (Å²) in [6.45, 7) is 8.31. The standard InChI is InChI=1S/C35H28N4O4/c1-34(2,26-5-11-30(12-6-26)38-22-40)28-9-15-32(42-20-36)24(18-28)17-25-19-29(10-16-33(25)43-21-37)35(3,4)27-7-13-31(14-8-27)39-23-41/h5-16,18-19H,17H2,1-4H3. The zero-order valence-electron chi connectivity index (χ0n) is 24.2. The average molecular weight is 569 g/mol. The first-order chi connectivity index (χ1) is 20.6. The number of hydrogen-bond donors (Lipinski definition) is 0. The minimum absolute atomic E-state index is 0.321. The van der Waals surface area contributed by atoms with Crippen molar-refractivity contribution in [2.24, 2.45) is 9.98 Å². The van der Waals surface area contributed by atoms with Gasteiger partial charge in [-0.05, 0) is 58.7 Å². The Balaban J connectivity index is 1.77. The van der Waals surface area contributed by atoms with Crippen molar-refractivity contribution in [1.29, 1.82) is 10.5 Å². The number of rotatable bonds is 10. The van der Waals surface area contributed by atoms with Gasteiger partial charge in [-0.25, -0.2) is 9.59 Å². The first kappa shape index (κ1) is 30.2. The zero-order valence-corrected chi connectivity index (χ0v) is 24.2. The van der Waals surface area contributed by atoms with Gasteiger partial charge in [-0.15, -0.1) is 10.5 Å². The van der Waals surface area contributed by atoms with Gasteiger partial charge in [-0.2, -0.15) is 9.98 Å². The average Bonchev–Trinajstić information content (AvgIpc) is 3.00. The monoisotopic (exact) mass is 568 g/mol. The van der Waals surface area contributed by atoms with Crippen molar-refractivity contribution in [1.82, 2.24) is 0 Å². The van der Waals surface area contributed by atoms with Crippen LogP contribution in [0.1, 0.15) is 61.1 Å². The second kappa shape index (κ2) is 12.8. The van der Waals surface area contributed by atoms with E-state index in [1.54, 1.807) is 61.1 Å². The van der Waals surface area contributed by atoms with Gasteiger partial charge in [-0.1, -0.05) is 76.2 Å². The molecule has 0 radical (unpaired) electrons. The molecule has 0 aliphatic heterocycles. The quantitative estimate of drug-likeness (QED) is 0.110. The summed E-state index contributed by atoms with van der Waals surface area (Å²) in [6.07, 6.45) is 6.97. The Kier molecular flexibility index (Phi) is 8.99. The summed E-state index contributed by atoms with van der Waals surface area (Å²) < 4.78 is 10.7. The molecular formula is C35H28N4O4. The Hall–Kier alpha value is -5.78. The fourth-order valence-corrected chi connectivity index (χ4v) is 5.06. The molecular weight excluding hydrogens is 540 g/mol. The summed E-state index contributed by atoms with van der Waals surface area (Å²) in [5.74, 6) is 0.799. The summed E-state index contributed by atoms with van der Waals surface area (Å²) in [5, 5.41) is 18.7. The van der Waals surface area contributed by atoms with Gasteiger partial charge in [0.1, 0.15) is 11.5 Å². The lowest BCUT2D eigenvalue weighted by Crippen LogP contribution is -2.19. The van der Waals surface area contributed by atoms with E-state index in [1.807, 2.05) is 48.5 Å². The summed E-state index contributed by atoms with van der Waals surface area (Å²) in [4.78, 5) is 28.6. The minimum atomic E-state index is -0.445. The maximum Gasteiger partial charge on any atom is 0.292 e. The van der Waals surface area contributed by atoms with E-state index in [4.69, 9.17) is 9.47 Å². The predicted molar refractivity (Wildman–Crippen MR) is 161 cm³/mol. The molecule has 43 heavy (non-hydrogen) atoms. The van der Waals surface area contributed by atoms with Gasteiger partial charge in [0.25, 0.3) is 12.5 Å². The van der Waals surface area contributed by atoms with Crippen LogP contribution in [0.25, 0.3) is 0 Å². The van der Waals surface area contributed by atoms with Gasteiger partial charge in [0.05, 0.1) is 11.4 Å². The van der Waals surface area contributed by atoms with E-state index in [0.717, 1.165) is 33.4 Å². The van der Waals surface area contributed by atoms with E-state index in [0.29, 0.717) is 29.3 Å². The predicted octanol–water partition coefficient (Wildman–Crippen LogP) is 7.58. The SMILES string of the molecule is CC(C)(c1ccc(N=C=O)cc1)c1ccc(OC#N)c(Cc2cc(C(C)(C)c3ccc(N=C=O)cc3)ccc2OC#N)c1. The Morgan fingerprint density at radius 1 is 0.581 bits per heavy atom. The summed E-state index contributed by atoms with van der Waals surface area (Å²) >= 11 is 0. The number of aliphatic imine (C=N–C) groups is 2. The van der Waals surface area contributed by atoms with Crippen LogP contribution in [0.3, 0.4) is 0 Å². The third-order valence-corrected chi connectivity index (χ3v) is 7.78. The van der Waals surface area contributed by atoms with Crippen molar-refractivity contribution in [3.05, 3.63) is 118 Å². The third kappa shape index (κ3) is 6.59. The molecule has 0 amide bonds. The Morgan fingerprint density at radius 2 is 0.930 bits per heavy atom. The van der Waals surface area contributed by atoms with E-state index in [2.05, 4.69) is 37.7 Å². The number of nitriles is 2. The lowest BCUT2D eigenvalue weighted by Gasteiger charge is -2.28. The highest BCUT2D eigenvalue weighted by Gasteiger charge is 2.27. The number of ether oxygens (including phenoxy) is 2. The van der Waals surface area contributed by atoms with E-state index >= 15 is 0 Å². The molecule has 0 aliphatic carbocycles. The van der Waals surface area contributed by atoms with Crippen molar-refractivity contribution in [2.45, 2.75) is 44.9 Å². The highest BCUT2D eigenvalue weighted by Crippen LogP contribution is 2.39. The molecule has 8 nitrogen and oxygen atoms in total. The normalized spacial score (nSPS) is 10.8. The van der Waals surface area contributed by atoms with Crippen molar-refractivity contribution in [2.75, 3.05) is 0 Å². The van der Waals surface area contributed by atoms with Crippen LogP contribution in [0, 0.1) is 23.0 Å². The maximum absolute atomic E-state index is 10.6. The molecule has 0 fully saturated rings. The van der Waals surface area contributed by atoms with Crippen molar-refractivity contribution in [3.63, 3.8) is 0 Å². The molecule has 0 spiro atoms. The van der Waals surface area contributed by atoms with Crippen molar-refractivity contribution >= 4 is 23.5 Å². The molecule has 0 saturated carbocycles. The summed E-state index contributed by atoms with van der Waals surface area (Å²) in [6, 6.07) is 26.0. The molecule has 0 aromatic heterocycles. The van der Waals surface area contributed by atoms with Crippen molar-refractivity contribution in [3.8, 4) is 24.0 Å². The van der Waals surface area contributed by atoms with Gasteiger partial charge >= 0.3 is 0 Å². The van der Waals surface area contributed by atoms with Crippen LogP contribution in [0.4, 0.5) is 11.4 Å². The largest absolute Gasteiger partial charge is 0.388 e. The first-order valence-electron chi connectivity index (χ1n) is 13.4. The van der Waals surface area contributed by atoms with Gasteiger partial charge in [0.15, 0.2) is 0 Å². The lowest BCUT2D eigenvalue weighted by atomic mass is 9.76. The van der Waals surface area contributed by atoms with Crippen LogP contribution < -0.4 is 9.47 Å². The van der Waals surface area contributed by atoms with Crippen LogP contribution in [0.15, 0.2) is 94.9 Å². The fraction of sp³-hybridized carbons (Fsp3) is 0.200. The molecule has 0 bridgehead atoms. The number of isocyanates is 2. The molecule has 0 heterocycles. The highest BCUT2D eigenvalue weighted by molar-refractivity contribution is 5.54. The zero-order chi connectivity index (χ0) is 31.0. The Bertz CT molecular complexity index is 1680. The van der Waals surface area contributed by atoms with Gasteiger partial charge in [-0.3, -0.25) is 0 Å². The van der Waals surface area contributed by atoms with Crippen LogP contribution >= 0.6 is 0 Å². The van der Waals surface area contributed by atoms with E-state index < -0.39 is 10.8 Å². The van der Waals surface area contributed by atoms with Gasteiger partial charge in [0.2, 0.25) is 12.2 Å². The first-order valence-corrected chi connectivity index (χ1v) is 13.4. The number of hydrogen-bond acceptors (Lipinski definition) is 8. The van der Waals surface area contributed by atoms with Gasteiger partial charge in [0, 0.05) is 28.4 Å². The minimum Gasteiger partial charge on any atom is -0.388 e. The Labute approximate surface area is 250 Å². The maximum atomic E-state index is 10.6. The molecule has 4 aromatic carbocycles.